The molecule has 0 aliphatic carbocycles. The number of nitrogens with one attached hydrogen (secondary N) is 6. The molecule has 16 heteroatoms. The standard InChI is InChI=1S/C112H130N8O8/c1-5-9-13-17-21-25-29-33-37-41-45-49-53-81-113-105(121)85-125-93-65-57-89(58-66-93)109-97-73-75-99(117-97)110(90-59-67-94(68-60-90)126-86-106(122)114-82-54-50-46-42-38-34-30-26-22-18-14-10-6-2)101-77-79-103(119-101)112(92-63-71-96(72-64-92)128-88-108(124)116-84-56-52-48-44-40-36-32-28-24-20-16-12-8-4)104-80-78-102(120-104)111(100-76-74-98(109)118-100)91-61-69-95(70-62-91)127-87-107(123)115-83-55-51-47-43-39-35-31-27-23-19-15-11-7-3/h57-80,117,120H,5-40,81-88H2,1-4H3,(H,113,121)(H,114,122)(H,115,123)(H,116,124). The lowest BCUT2D eigenvalue weighted by molar-refractivity contribution is -0.123. The third-order valence-electron chi connectivity index (χ3n) is 21.9. The van der Waals surface area contributed by atoms with Gasteiger partial charge in [0.2, 0.25) is 0 Å². The van der Waals surface area contributed by atoms with Crippen LogP contribution in [0.3, 0.4) is 0 Å². The predicted octanol–water partition coefficient (Wildman–Crippen LogP) is 23.5. The number of rotatable bonds is 52. The monoisotopic (exact) mass is 1720 g/mol. The molecule has 6 N–H and O–H groups in total. The Bertz CT molecular complexity index is 4790. The van der Waals surface area contributed by atoms with Crippen molar-refractivity contribution in [3.63, 3.8) is 0 Å². The minimum Gasteiger partial charge on any atom is -0.484 e. The van der Waals surface area contributed by atoms with Crippen LogP contribution in [-0.2, 0) is 19.2 Å². The number of ether oxygens (including phenoxy) is 4. The first-order chi connectivity index (χ1) is 63.1. The highest BCUT2D eigenvalue weighted by molar-refractivity contribution is 6.00. The fourth-order valence-electron chi connectivity index (χ4n) is 14.8. The highest BCUT2D eigenvalue weighted by Gasteiger charge is 2.21. The molecule has 0 saturated heterocycles. The van der Waals surface area contributed by atoms with Gasteiger partial charge in [0.1, 0.15) is 23.0 Å². The Morgan fingerprint density at radius 3 is 0.641 bits per heavy atom. The van der Waals surface area contributed by atoms with Crippen LogP contribution in [0.5, 0.6) is 23.0 Å². The van der Waals surface area contributed by atoms with Crippen LogP contribution >= 0.6 is 0 Å². The number of nitrogens with zero attached hydrogens (tertiary/aromatic N) is 2. The van der Waals surface area contributed by atoms with Crippen molar-refractivity contribution in [1.29, 1.82) is 0 Å². The molecule has 4 aromatic carbocycles. The van der Waals surface area contributed by atoms with Crippen LogP contribution in [-0.4, -0.2) is 96.2 Å². The summed E-state index contributed by atoms with van der Waals surface area (Å²) in [5, 5.41) is 11.3. The Labute approximate surface area is 762 Å². The van der Waals surface area contributed by atoms with E-state index in [9.17, 15) is 19.2 Å². The summed E-state index contributed by atoms with van der Waals surface area (Å²) in [6.45, 7) is 8.67. The summed E-state index contributed by atoms with van der Waals surface area (Å²) in [5.74, 6) is 48.2. The van der Waals surface area contributed by atoms with Gasteiger partial charge in [0.15, 0.2) is 26.4 Å². The van der Waals surface area contributed by atoms with E-state index < -0.39 is 0 Å². The number of hydrogen-bond acceptors (Lipinski definition) is 10. The van der Waals surface area contributed by atoms with Crippen molar-refractivity contribution in [3.8, 4) is 162 Å². The molecule has 0 fully saturated rings. The maximum atomic E-state index is 13.1. The molecule has 9 rings (SSSR count). The summed E-state index contributed by atoms with van der Waals surface area (Å²) >= 11 is 0. The molecule has 0 radical (unpaired) electrons. The second kappa shape index (κ2) is 60.6. The highest BCUT2D eigenvalue weighted by atomic mass is 16.5. The van der Waals surface area contributed by atoms with Gasteiger partial charge in [-0.1, -0.05) is 303 Å². The molecule has 3 aromatic heterocycles. The van der Waals surface area contributed by atoms with Crippen LogP contribution in [0.4, 0.5) is 0 Å². The zero-order valence-electron chi connectivity index (χ0n) is 76.1. The van der Waals surface area contributed by atoms with Gasteiger partial charge in [0, 0.05) is 70.0 Å². The Balaban J connectivity index is 1.01. The van der Waals surface area contributed by atoms with Crippen LogP contribution in [0, 0.1) is 94.7 Å². The summed E-state index contributed by atoms with van der Waals surface area (Å²) in [5.41, 5.74) is 11.8. The molecule has 0 atom stereocenters. The van der Waals surface area contributed by atoms with Crippen molar-refractivity contribution < 1.29 is 38.1 Å². The minimum absolute atomic E-state index is 0.147. The summed E-state index contributed by atoms with van der Waals surface area (Å²) in [4.78, 5) is 71.1. The first-order valence-electron chi connectivity index (χ1n) is 47.1. The lowest BCUT2D eigenvalue weighted by Gasteiger charge is -2.10. The third-order valence-corrected chi connectivity index (χ3v) is 21.9. The molecular formula is C112H130N8O8. The average Bonchev–Trinajstić information content (AvgIpc) is 1.61. The Morgan fingerprint density at radius 2 is 0.438 bits per heavy atom. The predicted molar refractivity (Wildman–Crippen MR) is 526 cm³/mol. The molecule has 0 unspecified atom stereocenters. The molecular weight excluding hydrogens is 1590 g/mol. The van der Waals surface area contributed by atoms with Crippen LogP contribution in [0.15, 0.2) is 121 Å². The van der Waals surface area contributed by atoms with Gasteiger partial charge in [-0.2, -0.15) is 0 Å². The van der Waals surface area contributed by atoms with Crippen LogP contribution < -0.4 is 40.2 Å². The van der Waals surface area contributed by atoms with Gasteiger partial charge in [-0.3, -0.25) is 19.2 Å². The van der Waals surface area contributed by atoms with Crippen LogP contribution in [0.25, 0.3) is 90.9 Å². The van der Waals surface area contributed by atoms with E-state index in [4.69, 9.17) is 28.9 Å². The van der Waals surface area contributed by atoms with Crippen molar-refractivity contribution in [3.05, 3.63) is 144 Å². The Kier molecular flexibility index (Phi) is 46.8. The van der Waals surface area contributed by atoms with Gasteiger partial charge in [-0.05, 0) is 192 Å². The normalized spacial score (nSPS) is 10.7. The number of unbranched alkanes of at least 4 members (excludes halogenated alkanes) is 32. The fraction of sp³-hybridized carbons (Fsp3) is 0.429. The number of aromatic amines is 2. The first kappa shape index (κ1) is 98.8. The van der Waals surface area contributed by atoms with E-state index in [0.29, 0.717) is 45.8 Å². The zero-order chi connectivity index (χ0) is 89.7. The molecule has 128 heavy (non-hydrogen) atoms. The third kappa shape index (κ3) is 37.3. The molecule has 666 valence electrons. The molecule has 7 aromatic rings. The van der Waals surface area contributed by atoms with Crippen LogP contribution in [0.2, 0.25) is 0 Å². The average molecular weight is 1720 g/mol. The molecule has 4 amide bonds. The number of amides is 4. The molecule has 0 spiro atoms. The number of H-pyrrole nitrogens is 2. The van der Waals surface area contributed by atoms with Gasteiger partial charge >= 0.3 is 0 Å². The Morgan fingerprint density at radius 1 is 0.250 bits per heavy atom. The van der Waals surface area contributed by atoms with Gasteiger partial charge in [-0.25, -0.2) is 9.97 Å². The van der Waals surface area contributed by atoms with Gasteiger partial charge in [0.25, 0.3) is 23.6 Å². The van der Waals surface area contributed by atoms with Gasteiger partial charge in [0.05, 0.1) is 49.0 Å². The van der Waals surface area contributed by atoms with Crippen molar-refractivity contribution >= 4 is 70.0 Å². The second-order valence-corrected chi connectivity index (χ2v) is 32.2. The summed E-state index contributed by atoms with van der Waals surface area (Å²) in [6, 6.07) is 38.5. The molecule has 16 nitrogen and oxygen atoms in total. The lowest BCUT2D eigenvalue weighted by Crippen LogP contribution is -2.29. The van der Waals surface area contributed by atoms with Gasteiger partial charge in [-0.15, -0.1) is 0 Å². The lowest BCUT2D eigenvalue weighted by atomic mass is 10.0. The fourth-order valence-corrected chi connectivity index (χ4v) is 14.8. The maximum Gasteiger partial charge on any atom is 0.258 e. The molecule has 2 aliphatic heterocycles. The highest BCUT2D eigenvalue weighted by Crippen LogP contribution is 2.40. The number of benzene rings is 4. The Hall–Kier alpha value is -13.0. The smallest absolute Gasteiger partial charge is 0.258 e. The van der Waals surface area contributed by atoms with Crippen molar-refractivity contribution in [2.24, 2.45) is 0 Å². The van der Waals surface area contributed by atoms with E-state index in [1.807, 2.05) is 146 Å². The van der Waals surface area contributed by atoms with E-state index in [1.165, 1.54) is 180 Å². The number of carbonyl (C=O) groups excluding carboxylic acids is 4. The van der Waals surface area contributed by atoms with Crippen molar-refractivity contribution in [2.75, 3.05) is 52.6 Å². The number of hydrogen-bond donors (Lipinski definition) is 6. The number of carbonyl (C=O) groups is 4. The van der Waals surface area contributed by atoms with E-state index >= 15 is 0 Å². The summed E-state index contributed by atoms with van der Waals surface area (Å²) < 4.78 is 24.3. The number of aromatic nitrogens is 4. The molecule has 0 saturated carbocycles. The van der Waals surface area contributed by atoms with E-state index in [0.717, 1.165) is 118 Å². The molecule has 5 heterocycles. The quantitative estimate of drug-likeness (QED) is 0.0157. The largest absolute Gasteiger partial charge is 0.484 e. The van der Waals surface area contributed by atoms with E-state index in [1.54, 1.807) is 0 Å². The van der Waals surface area contributed by atoms with Crippen molar-refractivity contribution in [1.82, 2.24) is 41.2 Å². The SMILES string of the molecule is CCCCCCCCCCC#CC#CCNC(=O)COc1ccc(-c2c3nc(c(-c4ccc(OCC(=O)NCC#CC#CCCCCCCCCCC)cc4)c4ccc([nH]4)c(-c4ccc(OCC(=O)NCC#CC#CCCCCCCCCCC)cc4)c4nc(c(-c5ccc(OCC(=O)NCC#CC#CCCCCCCCCCC)cc5)c5ccc2[nH]5)C=C4)C=C3)cc1. The summed E-state index contributed by atoms with van der Waals surface area (Å²) in [6.07, 6.45) is 51.1. The van der Waals surface area contributed by atoms with Crippen molar-refractivity contribution in [2.45, 2.75) is 259 Å². The summed E-state index contributed by atoms with van der Waals surface area (Å²) in [7, 11) is 0. The second-order valence-electron chi connectivity index (χ2n) is 32.2. The van der Waals surface area contributed by atoms with Crippen LogP contribution in [0.1, 0.15) is 282 Å². The van der Waals surface area contributed by atoms with Gasteiger partial charge < -0.3 is 50.2 Å². The minimum atomic E-state index is -0.315. The number of fused-ring (bicyclic) bond motifs is 8. The zero-order valence-corrected chi connectivity index (χ0v) is 76.1. The topological polar surface area (TPSA) is 211 Å². The molecule has 2 aliphatic rings. The maximum absolute atomic E-state index is 13.1. The molecule has 8 bridgehead atoms. The van der Waals surface area contributed by atoms with E-state index in [-0.39, 0.29) is 76.2 Å². The van der Waals surface area contributed by atoms with E-state index in [2.05, 4.69) is 154 Å². The first-order valence-corrected chi connectivity index (χ1v) is 47.1.